The Balaban J connectivity index is 1.63. The predicted octanol–water partition coefficient (Wildman–Crippen LogP) is 9.28. The van der Waals surface area contributed by atoms with Crippen molar-refractivity contribution >= 4 is 18.2 Å². The summed E-state index contributed by atoms with van der Waals surface area (Å²) in [7, 11) is 0. The van der Waals surface area contributed by atoms with Crippen molar-refractivity contribution in [3.63, 3.8) is 0 Å². The lowest BCUT2D eigenvalue weighted by molar-refractivity contribution is 0.290. The van der Waals surface area contributed by atoms with E-state index in [9.17, 15) is 0 Å². The van der Waals surface area contributed by atoms with E-state index in [-0.39, 0.29) is 0 Å². The molecule has 39 heavy (non-hydrogen) atoms. The average Bonchev–Trinajstić information content (AvgIpc) is 2.97. The van der Waals surface area contributed by atoms with Gasteiger partial charge in [-0.05, 0) is 107 Å². The first-order valence-corrected chi connectivity index (χ1v) is 13.1. The molecule has 0 fully saturated rings. The first-order valence-electron chi connectivity index (χ1n) is 13.1. The third-order valence-corrected chi connectivity index (χ3v) is 7.21. The number of hydrogen-bond donors (Lipinski definition) is 0. The number of benzene rings is 4. The summed E-state index contributed by atoms with van der Waals surface area (Å²) >= 11 is 0. The molecule has 0 aromatic heterocycles. The molecule has 0 aliphatic carbocycles. The molecule has 0 aliphatic rings. The summed E-state index contributed by atoms with van der Waals surface area (Å²) in [4.78, 5) is 0. The van der Waals surface area contributed by atoms with E-state index in [0.29, 0.717) is 19.8 Å². The molecule has 3 heteroatoms. The Bertz CT molecular complexity index is 1240. The van der Waals surface area contributed by atoms with Crippen molar-refractivity contribution in [2.24, 2.45) is 0 Å². The summed E-state index contributed by atoms with van der Waals surface area (Å²) in [6.07, 6.45) is 5.48. The molecular formula is C36H36O3. The van der Waals surface area contributed by atoms with Gasteiger partial charge in [0, 0.05) is 0 Å². The normalized spacial score (nSPS) is 10.5. The lowest BCUT2D eigenvalue weighted by Crippen LogP contribution is -2.13. The summed E-state index contributed by atoms with van der Waals surface area (Å²) in [5, 5.41) is 0. The average molecular weight is 517 g/mol. The van der Waals surface area contributed by atoms with Crippen LogP contribution in [-0.2, 0) is 19.8 Å². The third kappa shape index (κ3) is 6.69. The van der Waals surface area contributed by atoms with E-state index in [1.54, 1.807) is 0 Å². The SMILES string of the molecule is C=Cc1ccc(OCc2c(C)c(COc3ccc(C=C)cc3)c(C)c(COc3ccc(C=C)cc3)c2C)cc1. The van der Waals surface area contributed by atoms with Gasteiger partial charge < -0.3 is 14.2 Å². The molecule has 4 aromatic carbocycles. The van der Waals surface area contributed by atoms with Gasteiger partial charge in [-0.2, -0.15) is 0 Å². The highest BCUT2D eigenvalue weighted by molar-refractivity contribution is 5.52. The fraction of sp³-hybridized carbons (Fsp3) is 0.167. The molecule has 0 heterocycles. The minimum Gasteiger partial charge on any atom is -0.489 e. The summed E-state index contributed by atoms with van der Waals surface area (Å²) in [5.74, 6) is 2.46. The van der Waals surface area contributed by atoms with Gasteiger partial charge in [-0.1, -0.05) is 74.4 Å². The van der Waals surface area contributed by atoms with Crippen LogP contribution in [0.25, 0.3) is 18.2 Å². The first kappa shape index (κ1) is 27.5. The Labute approximate surface area is 232 Å². The maximum absolute atomic E-state index is 6.24. The van der Waals surface area contributed by atoms with Crippen LogP contribution in [0.15, 0.2) is 92.5 Å². The Morgan fingerprint density at radius 1 is 0.436 bits per heavy atom. The molecule has 0 aliphatic heterocycles. The molecule has 0 saturated carbocycles. The molecule has 0 spiro atoms. The molecule has 4 rings (SSSR count). The van der Waals surface area contributed by atoms with Gasteiger partial charge in [0.2, 0.25) is 0 Å². The maximum atomic E-state index is 6.24. The summed E-state index contributed by atoms with van der Waals surface area (Å²) in [5.41, 5.74) is 10.2. The van der Waals surface area contributed by atoms with Gasteiger partial charge in [-0.3, -0.25) is 0 Å². The molecule has 4 aromatic rings. The van der Waals surface area contributed by atoms with Crippen LogP contribution in [0, 0.1) is 20.8 Å². The second-order valence-electron chi connectivity index (χ2n) is 9.50. The van der Waals surface area contributed by atoms with Crippen LogP contribution < -0.4 is 14.2 Å². The largest absolute Gasteiger partial charge is 0.489 e. The highest BCUT2D eigenvalue weighted by Crippen LogP contribution is 2.31. The Morgan fingerprint density at radius 2 is 0.667 bits per heavy atom. The Kier molecular flexibility index (Phi) is 9.06. The molecule has 0 bridgehead atoms. The molecule has 0 atom stereocenters. The van der Waals surface area contributed by atoms with Gasteiger partial charge in [0.1, 0.15) is 37.1 Å². The van der Waals surface area contributed by atoms with Crippen LogP contribution in [0.1, 0.15) is 50.1 Å². The van der Waals surface area contributed by atoms with E-state index in [0.717, 1.165) is 50.6 Å². The number of rotatable bonds is 12. The van der Waals surface area contributed by atoms with Crippen LogP contribution in [0.5, 0.6) is 17.2 Å². The topological polar surface area (TPSA) is 27.7 Å². The second-order valence-corrected chi connectivity index (χ2v) is 9.50. The summed E-state index contributed by atoms with van der Waals surface area (Å²) < 4.78 is 18.7. The standard InChI is InChI=1S/C36H36O3/c1-7-28-10-16-31(17-11-28)37-22-34-25(4)35(23-38-32-18-12-29(8-2)13-19-32)27(6)36(26(34)5)24-39-33-20-14-30(9-3)15-21-33/h7-21H,1-3,22-24H2,4-6H3. The van der Waals surface area contributed by atoms with E-state index in [1.807, 2.05) is 91.0 Å². The predicted molar refractivity (Wildman–Crippen MR) is 163 cm³/mol. The summed E-state index contributed by atoms with van der Waals surface area (Å²) in [6.45, 7) is 19.3. The summed E-state index contributed by atoms with van der Waals surface area (Å²) in [6, 6.07) is 23.9. The molecule has 0 radical (unpaired) electrons. The van der Waals surface area contributed by atoms with Crippen molar-refractivity contribution in [1.29, 1.82) is 0 Å². The lowest BCUT2D eigenvalue weighted by atomic mass is 9.89. The van der Waals surface area contributed by atoms with E-state index < -0.39 is 0 Å². The first-order chi connectivity index (χ1) is 18.9. The van der Waals surface area contributed by atoms with Crippen molar-refractivity contribution in [1.82, 2.24) is 0 Å². The Hall–Kier alpha value is -4.50. The van der Waals surface area contributed by atoms with Gasteiger partial charge in [0.25, 0.3) is 0 Å². The quantitative estimate of drug-likeness (QED) is 0.188. The van der Waals surface area contributed by atoms with E-state index in [2.05, 4.69) is 40.5 Å². The zero-order valence-electron chi connectivity index (χ0n) is 23.1. The fourth-order valence-corrected chi connectivity index (χ4v) is 4.61. The van der Waals surface area contributed by atoms with E-state index >= 15 is 0 Å². The van der Waals surface area contributed by atoms with E-state index in [4.69, 9.17) is 14.2 Å². The van der Waals surface area contributed by atoms with Crippen molar-refractivity contribution < 1.29 is 14.2 Å². The minimum atomic E-state index is 0.452. The lowest BCUT2D eigenvalue weighted by Gasteiger charge is -2.23. The third-order valence-electron chi connectivity index (χ3n) is 7.21. The maximum Gasteiger partial charge on any atom is 0.119 e. The van der Waals surface area contributed by atoms with Crippen molar-refractivity contribution in [3.05, 3.63) is 143 Å². The van der Waals surface area contributed by atoms with Crippen LogP contribution in [0.3, 0.4) is 0 Å². The van der Waals surface area contributed by atoms with Crippen LogP contribution in [-0.4, -0.2) is 0 Å². The smallest absolute Gasteiger partial charge is 0.119 e. The number of ether oxygens (including phenoxy) is 3. The monoisotopic (exact) mass is 516 g/mol. The van der Waals surface area contributed by atoms with Gasteiger partial charge in [0.05, 0.1) is 0 Å². The minimum absolute atomic E-state index is 0.452. The van der Waals surface area contributed by atoms with Gasteiger partial charge in [-0.25, -0.2) is 0 Å². The zero-order chi connectivity index (χ0) is 27.8. The molecule has 0 unspecified atom stereocenters. The Morgan fingerprint density at radius 3 is 0.872 bits per heavy atom. The molecule has 3 nitrogen and oxygen atoms in total. The highest BCUT2D eigenvalue weighted by atomic mass is 16.5. The van der Waals surface area contributed by atoms with Crippen LogP contribution >= 0.6 is 0 Å². The van der Waals surface area contributed by atoms with Gasteiger partial charge in [-0.15, -0.1) is 0 Å². The van der Waals surface area contributed by atoms with Crippen LogP contribution in [0.2, 0.25) is 0 Å². The second kappa shape index (κ2) is 12.8. The highest BCUT2D eigenvalue weighted by Gasteiger charge is 2.19. The fourth-order valence-electron chi connectivity index (χ4n) is 4.61. The van der Waals surface area contributed by atoms with Gasteiger partial charge >= 0.3 is 0 Å². The molecule has 0 saturated heterocycles. The van der Waals surface area contributed by atoms with Crippen molar-refractivity contribution in [2.45, 2.75) is 40.6 Å². The zero-order valence-corrected chi connectivity index (χ0v) is 23.1. The van der Waals surface area contributed by atoms with Crippen molar-refractivity contribution in [3.8, 4) is 17.2 Å². The van der Waals surface area contributed by atoms with Crippen LogP contribution in [0.4, 0.5) is 0 Å². The van der Waals surface area contributed by atoms with Crippen molar-refractivity contribution in [2.75, 3.05) is 0 Å². The van der Waals surface area contributed by atoms with E-state index in [1.165, 1.54) is 16.7 Å². The molecule has 0 N–H and O–H groups in total. The number of hydrogen-bond acceptors (Lipinski definition) is 3. The van der Waals surface area contributed by atoms with Gasteiger partial charge in [0.15, 0.2) is 0 Å². The molecular weight excluding hydrogens is 480 g/mol. The molecule has 198 valence electrons. The molecule has 0 amide bonds.